The van der Waals surface area contributed by atoms with Gasteiger partial charge in [-0.25, -0.2) is 0 Å². The van der Waals surface area contributed by atoms with Gasteiger partial charge in [-0.3, -0.25) is 4.79 Å². The Hall–Kier alpha value is -1.85. The molecule has 0 aliphatic rings. The number of hydrogen-bond acceptors (Lipinski definition) is 2. The molecule has 0 saturated carbocycles. The number of amides is 1. The van der Waals surface area contributed by atoms with Crippen molar-refractivity contribution in [3.63, 3.8) is 0 Å². The summed E-state index contributed by atoms with van der Waals surface area (Å²) in [6.45, 7) is 3.29. The molecule has 1 amide bonds. The molecule has 2 rings (SSSR count). The van der Waals surface area contributed by atoms with Gasteiger partial charge >= 0.3 is 0 Å². The normalized spacial score (nSPS) is 13.2. The van der Waals surface area contributed by atoms with E-state index in [0.29, 0.717) is 6.54 Å². The highest BCUT2D eigenvalue weighted by Gasteiger charge is 2.14. The number of halogens is 1. The molecule has 2 aromatic carbocycles. The number of rotatable bonds is 7. The van der Waals surface area contributed by atoms with Crippen LogP contribution in [-0.2, 0) is 11.3 Å². The van der Waals surface area contributed by atoms with Gasteiger partial charge in [-0.15, -0.1) is 0 Å². The second kappa shape index (κ2) is 9.02. The smallest absolute Gasteiger partial charge is 0.275 e. The monoisotopic (exact) mass is 404 g/mol. The van der Waals surface area contributed by atoms with E-state index in [1.54, 1.807) is 0 Å². The van der Waals surface area contributed by atoms with Crippen molar-refractivity contribution in [1.82, 2.24) is 5.32 Å². The number of benzene rings is 2. The van der Waals surface area contributed by atoms with Crippen LogP contribution in [0.3, 0.4) is 0 Å². The molecule has 0 aliphatic heterocycles. The van der Waals surface area contributed by atoms with Crippen molar-refractivity contribution < 1.29 is 9.69 Å². The molecule has 2 aromatic rings. The van der Waals surface area contributed by atoms with Crippen LogP contribution in [0.4, 0.5) is 5.69 Å². The van der Waals surface area contributed by atoms with Gasteiger partial charge < -0.3 is 15.1 Å². The number of anilines is 1. The molecule has 134 valence electrons. The first-order chi connectivity index (χ1) is 11.8. The van der Waals surface area contributed by atoms with E-state index >= 15 is 0 Å². The van der Waals surface area contributed by atoms with Gasteiger partial charge in [0, 0.05) is 29.8 Å². The van der Waals surface area contributed by atoms with Crippen molar-refractivity contribution in [2.45, 2.75) is 19.5 Å². The fraction of sp³-hybridized carbons (Fsp3) is 0.350. The Morgan fingerprint density at radius 3 is 2.28 bits per heavy atom. The lowest BCUT2D eigenvalue weighted by Gasteiger charge is -2.18. The van der Waals surface area contributed by atoms with Gasteiger partial charge in [0.15, 0.2) is 6.54 Å². The summed E-state index contributed by atoms with van der Waals surface area (Å²) in [6.07, 6.45) is 0. The topological polar surface area (TPSA) is 36.8 Å². The van der Waals surface area contributed by atoms with Crippen molar-refractivity contribution in [2.24, 2.45) is 0 Å². The molecule has 4 nitrogen and oxygen atoms in total. The molecule has 2 N–H and O–H groups in total. The van der Waals surface area contributed by atoms with Gasteiger partial charge in [0.2, 0.25) is 0 Å². The van der Waals surface area contributed by atoms with Gasteiger partial charge in [0.25, 0.3) is 5.91 Å². The zero-order chi connectivity index (χ0) is 18.4. The highest BCUT2D eigenvalue weighted by Crippen LogP contribution is 2.16. The highest BCUT2D eigenvalue weighted by molar-refractivity contribution is 9.10. The molecule has 0 aliphatic carbocycles. The SMILES string of the molecule is C[C@@H](NC(=O)C[NH+](C)Cc1ccc(N(C)C)cc1)c1ccc(Br)cc1. The number of hydrogen-bond donors (Lipinski definition) is 2. The van der Waals surface area contributed by atoms with Crippen LogP contribution < -0.4 is 15.1 Å². The third-order valence-corrected chi connectivity index (χ3v) is 4.70. The van der Waals surface area contributed by atoms with Crippen LogP contribution in [0.5, 0.6) is 0 Å². The number of nitrogens with one attached hydrogen (secondary N) is 2. The first-order valence-corrected chi connectivity index (χ1v) is 9.27. The van der Waals surface area contributed by atoms with Gasteiger partial charge in [-0.1, -0.05) is 40.2 Å². The minimum Gasteiger partial charge on any atom is -0.378 e. The van der Waals surface area contributed by atoms with E-state index in [9.17, 15) is 4.79 Å². The predicted molar refractivity (Wildman–Crippen MR) is 107 cm³/mol. The van der Waals surface area contributed by atoms with E-state index in [1.807, 2.05) is 52.3 Å². The average molecular weight is 405 g/mol. The molecule has 0 saturated heterocycles. The van der Waals surface area contributed by atoms with E-state index < -0.39 is 0 Å². The largest absolute Gasteiger partial charge is 0.378 e. The Balaban J connectivity index is 1.83. The molecule has 0 spiro atoms. The van der Waals surface area contributed by atoms with Crippen molar-refractivity contribution in [2.75, 3.05) is 32.6 Å². The molecule has 0 fully saturated rings. The standard InChI is InChI=1S/C20H26BrN3O/c1-15(17-7-9-18(21)10-8-17)22-20(25)14-24(4)13-16-5-11-19(12-6-16)23(2)3/h5-12,15H,13-14H2,1-4H3,(H,22,25)/p+1/t15-/m1/s1. The lowest BCUT2D eigenvalue weighted by Crippen LogP contribution is -3.08. The minimum atomic E-state index is 0.00720. The van der Waals surface area contributed by atoms with E-state index in [0.717, 1.165) is 21.5 Å². The first kappa shape index (κ1) is 19.5. The molecule has 0 heterocycles. The van der Waals surface area contributed by atoms with Crippen molar-refractivity contribution in [3.05, 3.63) is 64.1 Å². The number of carbonyl (C=O) groups is 1. The van der Waals surface area contributed by atoms with Crippen LogP contribution in [0.25, 0.3) is 0 Å². The Morgan fingerprint density at radius 1 is 1.12 bits per heavy atom. The summed E-state index contributed by atoms with van der Waals surface area (Å²) in [5.74, 6) is 0.0674. The molecule has 25 heavy (non-hydrogen) atoms. The highest BCUT2D eigenvalue weighted by atomic mass is 79.9. The number of nitrogens with zero attached hydrogens (tertiary/aromatic N) is 1. The molecule has 0 radical (unpaired) electrons. The van der Waals surface area contributed by atoms with Gasteiger partial charge in [-0.2, -0.15) is 0 Å². The predicted octanol–water partition coefficient (Wildman–Crippen LogP) is 2.41. The van der Waals surface area contributed by atoms with Crippen LogP contribution in [0, 0.1) is 0 Å². The van der Waals surface area contributed by atoms with Crippen molar-refractivity contribution in [3.8, 4) is 0 Å². The second-order valence-electron chi connectivity index (χ2n) is 6.71. The zero-order valence-electron chi connectivity index (χ0n) is 15.3. The van der Waals surface area contributed by atoms with Crippen molar-refractivity contribution in [1.29, 1.82) is 0 Å². The van der Waals surface area contributed by atoms with Gasteiger partial charge in [0.1, 0.15) is 6.54 Å². The zero-order valence-corrected chi connectivity index (χ0v) is 16.9. The lowest BCUT2D eigenvalue weighted by atomic mass is 10.1. The van der Waals surface area contributed by atoms with E-state index in [1.165, 1.54) is 11.3 Å². The second-order valence-corrected chi connectivity index (χ2v) is 7.63. The van der Waals surface area contributed by atoms with Crippen LogP contribution in [0.2, 0.25) is 0 Å². The average Bonchev–Trinajstić information content (AvgIpc) is 2.55. The van der Waals surface area contributed by atoms with Crippen LogP contribution in [0.1, 0.15) is 24.1 Å². The molecule has 5 heteroatoms. The number of quaternary nitrogens is 1. The fourth-order valence-corrected chi connectivity index (χ4v) is 2.99. The Labute approximate surface area is 159 Å². The summed E-state index contributed by atoms with van der Waals surface area (Å²) in [4.78, 5) is 15.5. The minimum absolute atomic E-state index is 0.00720. The Morgan fingerprint density at radius 2 is 1.72 bits per heavy atom. The third-order valence-electron chi connectivity index (χ3n) is 4.17. The lowest BCUT2D eigenvalue weighted by molar-refractivity contribution is -0.885. The van der Waals surface area contributed by atoms with Crippen LogP contribution in [0.15, 0.2) is 53.0 Å². The summed E-state index contributed by atoms with van der Waals surface area (Å²) >= 11 is 3.43. The fourth-order valence-electron chi connectivity index (χ4n) is 2.72. The summed E-state index contributed by atoms with van der Waals surface area (Å²) < 4.78 is 1.04. The molecular formula is C20H27BrN3O+. The first-order valence-electron chi connectivity index (χ1n) is 8.47. The molecule has 1 unspecified atom stereocenters. The molecule has 2 atom stereocenters. The summed E-state index contributed by atoms with van der Waals surface area (Å²) in [5, 5.41) is 3.07. The summed E-state index contributed by atoms with van der Waals surface area (Å²) in [6, 6.07) is 16.5. The Kier molecular flexibility index (Phi) is 7.02. The van der Waals surface area contributed by atoms with Crippen LogP contribution in [-0.4, -0.2) is 33.6 Å². The van der Waals surface area contributed by atoms with E-state index in [4.69, 9.17) is 0 Å². The quantitative estimate of drug-likeness (QED) is 0.743. The summed E-state index contributed by atoms with van der Waals surface area (Å²) in [7, 11) is 6.11. The molecule has 0 bridgehead atoms. The van der Waals surface area contributed by atoms with Crippen molar-refractivity contribution >= 4 is 27.5 Å². The van der Waals surface area contributed by atoms with Crippen LogP contribution >= 0.6 is 15.9 Å². The molecule has 0 aromatic heterocycles. The Bertz CT molecular complexity index is 683. The molecular weight excluding hydrogens is 378 g/mol. The third kappa shape index (κ3) is 6.18. The maximum Gasteiger partial charge on any atom is 0.275 e. The number of carbonyl (C=O) groups excluding carboxylic acids is 1. The maximum atomic E-state index is 12.3. The maximum absolute atomic E-state index is 12.3. The van der Waals surface area contributed by atoms with Gasteiger partial charge in [-0.05, 0) is 36.8 Å². The van der Waals surface area contributed by atoms with E-state index in [-0.39, 0.29) is 11.9 Å². The number of likely N-dealkylation sites (N-methyl/N-ethyl adjacent to an activating group) is 1. The van der Waals surface area contributed by atoms with E-state index in [2.05, 4.69) is 50.4 Å². The summed E-state index contributed by atoms with van der Waals surface area (Å²) in [5.41, 5.74) is 3.52. The van der Waals surface area contributed by atoms with Gasteiger partial charge in [0.05, 0.1) is 13.1 Å².